The molecule has 2 atom stereocenters. The SMILES string of the molecule is CCNC(=O)C(C)(C)CNC1CCC(C)C1. The summed E-state index contributed by atoms with van der Waals surface area (Å²) in [5.74, 6) is 0.985. The lowest BCUT2D eigenvalue weighted by molar-refractivity contribution is -0.129. The van der Waals surface area contributed by atoms with Gasteiger partial charge in [-0.25, -0.2) is 0 Å². The van der Waals surface area contributed by atoms with Crippen LogP contribution < -0.4 is 10.6 Å². The molecule has 0 aromatic heterocycles. The molecule has 0 aromatic rings. The summed E-state index contributed by atoms with van der Waals surface area (Å²) in [5.41, 5.74) is -0.304. The third-order valence-corrected chi connectivity index (χ3v) is 3.48. The van der Waals surface area contributed by atoms with Crippen molar-refractivity contribution < 1.29 is 4.79 Å². The first kappa shape index (κ1) is 13.5. The molecule has 0 aromatic carbocycles. The lowest BCUT2D eigenvalue weighted by atomic mass is 9.91. The molecule has 3 nitrogen and oxygen atoms in total. The molecular formula is C13H26N2O. The van der Waals surface area contributed by atoms with Crippen LogP contribution in [0.3, 0.4) is 0 Å². The summed E-state index contributed by atoms with van der Waals surface area (Å²) in [7, 11) is 0. The first-order valence-electron chi connectivity index (χ1n) is 6.47. The van der Waals surface area contributed by atoms with Crippen molar-refractivity contribution in [2.75, 3.05) is 13.1 Å². The molecule has 0 aliphatic heterocycles. The van der Waals surface area contributed by atoms with Gasteiger partial charge in [0.2, 0.25) is 5.91 Å². The van der Waals surface area contributed by atoms with Crippen LogP contribution in [-0.2, 0) is 4.79 Å². The van der Waals surface area contributed by atoms with Gasteiger partial charge >= 0.3 is 0 Å². The number of hydrogen-bond acceptors (Lipinski definition) is 2. The molecule has 1 rings (SSSR count). The molecule has 1 aliphatic rings. The molecule has 0 radical (unpaired) electrons. The highest BCUT2D eigenvalue weighted by Gasteiger charge is 2.29. The molecule has 1 amide bonds. The van der Waals surface area contributed by atoms with Crippen LogP contribution in [0.2, 0.25) is 0 Å². The zero-order chi connectivity index (χ0) is 12.2. The van der Waals surface area contributed by atoms with Crippen LogP contribution in [-0.4, -0.2) is 25.0 Å². The van der Waals surface area contributed by atoms with Gasteiger partial charge in [-0.3, -0.25) is 4.79 Å². The normalized spacial score (nSPS) is 25.8. The second-order valence-corrected chi connectivity index (χ2v) is 5.74. The molecule has 16 heavy (non-hydrogen) atoms. The van der Waals surface area contributed by atoms with Gasteiger partial charge in [-0.05, 0) is 46.0 Å². The molecule has 0 heterocycles. The Hall–Kier alpha value is -0.570. The molecule has 1 saturated carbocycles. The summed E-state index contributed by atoms with van der Waals surface area (Å²) in [6, 6.07) is 0.615. The van der Waals surface area contributed by atoms with Gasteiger partial charge in [0.1, 0.15) is 0 Å². The third kappa shape index (κ3) is 3.78. The molecule has 0 spiro atoms. The summed E-state index contributed by atoms with van der Waals surface area (Å²) in [5, 5.41) is 6.42. The smallest absolute Gasteiger partial charge is 0.226 e. The largest absolute Gasteiger partial charge is 0.356 e. The van der Waals surface area contributed by atoms with Gasteiger partial charge in [-0.2, -0.15) is 0 Å². The van der Waals surface area contributed by atoms with E-state index in [0.29, 0.717) is 12.6 Å². The maximum absolute atomic E-state index is 11.8. The van der Waals surface area contributed by atoms with Gasteiger partial charge in [-0.15, -0.1) is 0 Å². The molecule has 3 heteroatoms. The maximum atomic E-state index is 11.8. The highest BCUT2D eigenvalue weighted by atomic mass is 16.2. The van der Waals surface area contributed by atoms with Crippen LogP contribution in [0.4, 0.5) is 0 Å². The Balaban J connectivity index is 2.32. The maximum Gasteiger partial charge on any atom is 0.226 e. The van der Waals surface area contributed by atoms with Crippen molar-refractivity contribution in [3.8, 4) is 0 Å². The number of carbonyl (C=O) groups is 1. The molecule has 94 valence electrons. The summed E-state index contributed by atoms with van der Waals surface area (Å²) >= 11 is 0. The summed E-state index contributed by atoms with van der Waals surface area (Å²) in [6.07, 6.45) is 3.83. The topological polar surface area (TPSA) is 41.1 Å². The molecule has 1 fully saturated rings. The predicted molar refractivity (Wildman–Crippen MR) is 67.3 cm³/mol. The van der Waals surface area contributed by atoms with Gasteiger partial charge in [0.15, 0.2) is 0 Å². The van der Waals surface area contributed by atoms with Crippen LogP contribution in [0.1, 0.15) is 47.0 Å². The highest BCUT2D eigenvalue weighted by molar-refractivity contribution is 5.81. The Kier molecular flexibility index (Phi) is 4.78. The average Bonchev–Trinajstić information content (AvgIpc) is 2.62. The molecule has 2 N–H and O–H groups in total. The minimum atomic E-state index is -0.304. The molecule has 2 unspecified atom stereocenters. The lowest BCUT2D eigenvalue weighted by Gasteiger charge is -2.25. The van der Waals surface area contributed by atoms with E-state index in [0.717, 1.165) is 12.5 Å². The van der Waals surface area contributed by atoms with E-state index < -0.39 is 0 Å². The van der Waals surface area contributed by atoms with E-state index in [-0.39, 0.29) is 11.3 Å². The number of rotatable bonds is 5. The van der Waals surface area contributed by atoms with Crippen molar-refractivity contribution in [2.45, 2.75) is 53.0 Å². The third-order valence-electron chi connectivity index (χ3n) is 3.48. The first-order chi connectivity index (χ1) is 7.45. The number of hydrogen-bond donors (Lipinski definition) is 2. The number of amides is 1. The first-order valence-corrected chi connectivity index (χ1v) is 6.47. The van der Waals surface area contributed by atoms with Crippen molar-refractivity contribution in [3.05, 3.63) is 0 Å². The van der Waals surface area contributed by atoms with E-state index in [9.17, 15) is 4.79 Å². The fourth-order valence-corrected chi connectivity index (χ4v) is 2.27. The fourth-order valence-electron chi connectivity index (χ4n) is 2.27. The van der Waals surface area contributed by atoms with Crippen molar-refractivity contribution in [3.63, 3.8) is 0 Å². The highest BCUT2D eigenvalue weighted by Crippen LogP contribution is 2.25. The van der Waals surface area contributed by atoms with E-state index in [4.69, 9.17) is 0 Å². The van der Waals surface area contributed by atoms with Crippen molar-refractivity contribution in [1.82, 2.24) is 10.6 Å². The van der Waals surface area contributed by atoms with Crippen molar-refractivity contribution >= 4 is 5.91 Å². The van der Waals surface area contributed by atoms with E-state index in [1.165, 1.54) is 19.3 Å². The van der Waals surface area contributed by atoms with Crippen molar-refractivity contribution in [1.29, 1.82) is 0 Å². The zero-order valence-electron chi connectivity index (χ0n) is 11.1. The minimum absolute atomic E-state index is 0.147. The Morgan fingerprint density at radius 2 is 2.06 bits per heavy atom. The van der Waals surface area contributed by atoms with Crippen LogP contribution in [0, 0.1) is 11.3 Å². The minimum Gasteiger partial charge on any atom is -0.356 e. The standard InChI is InChI=1S/C13H26N2O/c1-5-14-12(16)13(3,4)9-15-11-7-6-10(2)8-11/h10-11,15H,5-9H2,1-4H3,(H,14,16). The Bertz CT molecular complexity index is 238. The van der Waals surface area contributed by atoms with Crippen LogP contribution in [0.15, 0.2) is 0 Å². The Morgan fingerprint density at radius 1 is 1.38 bits per heavy atom. The quantitative estimate of drug-likeness (QED) is 0.752. The Morgan fingerprint density at radius 3 is 2.56 bits per heavy atom. The zero-order valence-corrected chi connectivity index (χ0v) is 11.1. The molecular weight excluding hydrogens is 200 g/mol. The van der Waals surface area contributed by atoms with E-state index in [1.54, 1.807) is 0 Å². The van der Waals surface area contributed by atoms with E-state index >= 15 is 0 Å². The number of carbonyl (C=O) groups excluding carboxylic acids is 1. The van der Waals surface area contributed by atoms with Gasteiger partial charge in [0, 0.05) is 19.1 Å². The molecule has 0 saturated heterocycles. The summed E-state index contributed by atoms with van der Waals surface area (Å²) in [4.78, 5) is 11.8. The van der Waals surface area contributed by atoms with Gasteiger partial charge in [0.05, 0.1) is 5.41 Å². The van der Waals surface area contributed by atoms with Crippen molar-refractivity contribution in [2.24, 2.45) is 11.3 Å². The summed E-state index contributed by atoms with van der Waals surface area (Å²) in [6.45, 7) is 9.75. The monoisotopic (exact) mass is 226 g/mol. The average molecular weight is 226 g/mol. The predicted octanol–water partition coefficient (Wildman–Crippen LogP) is 1.93. The summed E-state index contributed by atoms with van der Waals surface area (Å²) < 4.78 is 0. The van der Waals surface area contributed by atoms with Crippen LogP contribution >= 0.6 is 0 Å². The second-order valence-electron chi connectivity index (χ2n) is 5.74. The van der Waals surface area contributed by atoms with Gasteiger partial charge in [0.25, 0.3) is 0 Å². The Labute approximate surface area is 99.4 Å². The molecule has 1 aliphatic carbocycles. The second kappa shape index (κ2) is 5.67. The van der Waals surface area contributed by atoms with Gasteiger partial charge in [-0.1, -0.05) is 6.92 Å². The number of nitrogens with one attached hydrogen (secondary N) is 2. The van der Waals surface area contributed by atoms with Crippen LogP contribution in [0.5, 0.6) is 0 Å². The van der Waals surface area contributed by atoms with Gasteiger partial charge < -0.3 is 10.6 Å². The lowest BCUT2D eigenvalue weighted by Crippen LogP contribution is -2.45. The molecule has 0 bridgehead atoms. The van der Waals surface area contributed by atoms with E-state index in [1.807, 2.05) is 20.8 Å². The van der Waals surface area contributed by atoms with E-state index in [2.05, 4.69) is 17.6 Å². The fraction of sp³-hybridized carbons (Fsp3) is 0.923. The van der Waals surface area contributed by atoms with Crippen LogP contribution in [0.25, 0.3) is 0 Å².